The van der Waals surface area contributed by atoms with Crippen LogP contribution < -0.4 is 4.74 Å². The van der Waals surface area contributed by atoms with E-state index in [-0.39, 0.29) is 11.5 Å². The molecule has 0 unspecified atom stereocenters. The first kappa shape index (κ1) is 21.0. The fraction of sp³-hybridized carbons (Fsp3) is 0.0741. The Morgan fingerprint density at radius 1 is 0.848 bits per heavy atom. The molecule has 0 N–H and O–H groups in total. The van der Waals surface area contributed by atoms with Crippen LogP contribution in [0.5, 0.6) is 5.75 Å². The van der Waals surface area contributed by atoms with E-state index in [9.17, 15) is 4.79 Å². The van der Waals surface area contributed by atoms with Crippen LogP contribution in [0.25, 0.3) is 27.8 Å². The summed E-state index contributed by atoms with van der Waals surface area (Å²) in [5.74, 6) is 1.81. The third kappa shape index (κ3) is 4.38. The second-order valence-corrected chi connectivity index (χ2v) is 8.42. The molecule has 1 aromatic heterocycles. The van der Waals surface area contributed by atoms with Crippen molar-refractivity contribution in [3.8, 4) is 22.8 Å². The van der Waals surface area contributed by atoms with Gasteiger partial charge >= 0.3 is 0 Å². The lowest BCUT2D eigenvalue weighted by molar-refractivity contribution is 0.102. The zero-order chi connectivity index (χ0) is 22.6. The van der Waals surface area contributed by atoms with Crippen molar-refractivity contribution >= 4 is 28.3 Å². The minimum Gasteiger partial charge on any atom is -0.497 e. The number of Topliss-reactive ketones (excluding diaryl/α,β-unsaturated/α-hetero) is 1. The fourth-order valence-electron chi connectivity index (χ4n) is 3.68. The smallest absolute Gasteiger partial charge is 0.196 e. The molecule has 6 heteroatoms. The van der Waals surface area contributed by atoms with Crippen LogP contribution in [-0.2, 0) is 0 Å². The average molecular weight is 452 g/mol. The maximum absolute atomic E-state index is 13.0. The van der Waals surface area contributed by atoms with Crippen LogP contribution in [0.1, 0.15) is 10.4 Å². The molecule has 1 heterocycles. The van der Waals surface area contributed by atoms with Crippen molar-refractivity contribution in [2.45, 2.75) is 5.16 Å². The molecule has 0 saturated heterocycles. The Bertz CT molecular complexity index is 1410. The number of ether oxygens (including phenoxy) is 1. The molecule has 162 valence electrons. The highest BCUT2D eigenvalue weighted by Gasteiger charge is 2.18. The molecule has 5 nitrogen and oxygen atoms in total. The van der Waals surface area contributed by atoms with E-state index in [1.54, 1.807) is 7.11 Å². The van der Waals surface area contributed by atoms with Gasteiger partial charge in [-0.25, -0.2) is 0 Å². The first-order valence-corrected chi connectivity index (χ1v) is 11.5. The van der Waals surface area contributed by atoms with Gasteiger partial charge < -0.3 is 4.74 Å². The predicted octanol–water partition coefficient (Wildman–Crippen LogP) is 6.07. The van der Waals surface area contributed by atoms with Crippen LogP contribution in [0.4, 0.5) is 0 Å². The highest BCUT2D eigenvalue weighted by molar-refractivity contribution is 7.99. The third-order valence-electron chi connectivity index (χ3n) is 5.40. The lowest BCUT2D eigenvalue weighted by atomic mass is 10.1. The van der Waals surface area contributed by atoms with E-state index < -0.39 is 0 Å². The standard InChI is InChI=1S/C27H21N3O2S/c1-32-24-15-13-23(14-16-24)30-26(20-8-3-2-4-9-20)28-29-27(30)33-18-25(31)22-12-11-19-7-5-6-10-21(19)17-22/h2-17H,18H2,1H3. The molecule has 0 radical (unpaired) electrons. The number of thioether (sulfide) groups is 1. The minimum absolute atomic E-state index is 0.0521. The molecule has 33 heavy (non-hydrogen) atoms. The van der Waals surface area contributed by atoms with Crippen LogP contribution in [-0.4, -0.2) is 33.4 Å². The molecule has 4 aromatic carbocycles. The zero-order valence-electron chi connectivity index (χ0n) is 18.0. The molecule has 0 saturated carbocycles. The van der Waals surface area contributed by atoms with E-state index in [1.807, 2.05) is 102 Å². The van der Waals surface area contributed by atoms with Crippen molar-refractivity contribution in [1.29, 1.82) is 0 Å². The van der Waals surface area contributed by atoms with Crippen LogP contribution >= 0.6 is 11.8 Å². The van der Waals surface area contributed by atoms with Gasteiger partial charge in [0, 0.05) is 16.8 Å². The molecule has 0 amide bonds. The molecule has 5 aromatic rings. The van der Waals surface area contributed by atoms with E-state index in [0.29, 0.717) is 10.7 Å². The Kier molecular flexibility index (Phi) is 5.91. The fourth-order valence-corrected chi connectivity index (χ4v) is 4.52. The number of carbonyl (C=O) groups is 1. The maximum Gasteiger partial charge on any atom is 0.196 e. The topological polar surface area (TPSA) is 57.0 Å². The lowest BCUT2D eigenvalue weighted by Gasteiger charge is -2.11. The summed E-state index contributed by atoms with van der Waals surface area (Å²) in [5.41, 5.74) is 2.55. The van der Waals surface area contributed by atoms with Gasteiger partial charge in [-0.05, 0) is 41.1 Å². The SMILES string of the molecule is COc1ccc(-n2c(SCC(=O)c3ccc4ccccc4c3)nnc2-c2ccccc2)cc1. The average Bonchev–Trinajstić information content (AvgIpc) is 3.31. The Hall–Kier alpha value is -3.90. The predicted molar refractivity (Wildman–Crippen MR) is 132 cm³/mol. The van der Waals surface area contributed by atoms with Gasteiger partial charge in [0.25, 0.3) is 0 Å². The number of benzene rings is 4. The number of rotatable bonds is 7. The molecule has 0 bridgehead atoms. The summed E-state index contributed by atoms with van der Waals surface area (Å²) in [4.78, 5) is 13.0. The Morgan fingerprint density at radius 2 is 1.58 bits per heavy atom. The van der Waals surface area contributed by atoms with Crippen LogP contribution in [0.3, 0.4) is 0 Å². The van der Waals surface area contributed by atoms with Crippen molar-refractivity contribution in [3.05, 3.63) is 103 Å². The van der Waals surface area contributed by atoms with Gasteiger partial charge in [-0.2, -0.15) is 0 Å². The Balaban J connectivity index is 1.45. The molecular formula is C27H21N3O2S. The Labute approximate surface area is 196 Å². The molecule has 0 aliphatic rings. The van der Waals surface area contributed by atoms with Crippen LogP contribution in [0.15, 0.2) is 102 Å². The highest BCUT2D eigenvalue weighted by Crippen LogP contribution is 2.29. The highest BCUT2D eigenvalue weighted by atomic mass is 32.2. The van der Waals surface area contributed by atoms with E-state index in [0.717, 1.165) is 33.6 Å². The summed E-state index contributed by atoms with van der Waals surface area (Å²) in [6.07, 6.45) is 0. The van der Waals surface area contributed by atoms with Crippen molar-refractivity contribution in [1.82, 2.24) is 14.8 Å². The van der Waals surface area contributed by atoms with E-state index in [4.69, 9.17) is 4.74 Å². The van der Waals surface area contributed by atoms with Gasteiger partial charge in [0.2, 0.25) is 0 Å². The normalized spacial score (nSPS) is 10.9. The zero-order valence-corrected chi connectivity index (χ0v) is 18.8. The van der Waals surface area contributed by atoms with Gasteiger partial charge in [0.15, 0.2) is 16.8 Å². The van der Waals surface area contributed by atoms with Gasteiger partial charge in [0.1, 0.15) is 5.75 Å². The van der Waals surface area contributed by atoms with Crippen LogP contribution in [0.2, 0.25) is 0 Å². The number of fused-ring (bicyclic) bond motifs is 1. The molecule has 5 rings (SSSR count). The van der Waals surface area contributed by atoms with Gasteiger partial charge in [0.05, 0.1) is 12.9 Å². The number of carbonyl (C=O) groups excluding carboxylic acids is 1. The molecular weight excluding hydrogens is 430 g/mol. The summed E-state index contributed by atoms with van der Waals surface area (Å²) in [6, 6.07) is 31.5. The number of aromatic nitrogens is 3. The lowest BCUT2D eigenvalue weighted by Crippen LogP contribution is -2.05. The van der Waals surface area contributed by atoms with Crippen LogP contribution in [0, 0.1) is 0 Å². The molecule has 0 aliphatic carbocycles. The van der Waals surface area contributed by atoms with Crippen molar-refractivity contribution in [2.24, 2.45) is 0 Å². The van der Waals surface area contributed by atoms with Crippen molar-refractivity contribution in [3.63, 3.8) is 0 Å². The summed E-state index contributed by atoms with van der Waals surface area (Å²) in [7, 11) is 1.64. The molecule has 0 fully saturated rings. The molecule has 0 aliphatic heterocycles. The maximum atomic E-state index is 13.0. The number of ketones is 1. The van der Waals surface area contributed by atoms with Gasteiger partial charge in [-0.15, -0.1) is 10.2 Å². The van der Waals surface area contributed by atoms with E-state index in [2.05, 4.69) is 10.2 Å². The molecule has 0 spiro atoms. The number of methoxy groups -OCH3 is 1. The van der Waals surface area contributed by atoms with Crippen molar-refractivity contribution < 1.29 is 9.53 Å². The number of hydrogen-bond donors (Lipinski definition) is 0. The second-order valence-electron chi connectivity index (χ2n) is 7.48. The number of nitrogens with zero attached hydrogens (tertiary/aromatic N) is 3. The van der Waals surface area contributed by atoms with Gasteiger partial charge in [-0.1, -0.05) is 78.5 Å². The minimum atomic E-state index is 0.0521. The largest absolute Gasteiger partial charge is 0.497 e. The summed E-state index contributed by atoms with van der Waals surface area (Å²) in [5, 5.41) is 11.7. The number of hydrogen-bond acceptors (Lipinski definition) is 5. The molecule has 0 atom stereocenters. The van der Waals surface area contributed by atoms with E-state index in [1.165, 1.54) is 11.8 Å². The van der Waals surface area contributed by atoms with E-state index >= 15 is 0 Å². The summed E-state index contributed by atoms with van der Waals surface area (Å²) < 4.78 is 7.28. The first-order valence-electron chi connectivity index (χ1n) is 10.5. The second kappa shape index (κ2) is 9.30. The summed E-state index contributed by atoms with van der Waals surface area (Å²) >= 11 is 1.38. The first-order chi connectivity index (χ1) is 16.2. The Morgan fingerprint density at radius 3 is 2.33 bits per heavy atom. The quantitative estimate of drug-likeness (QED) is 0.222. The van der Waals surface area contributed by atoms with Crippen molar-refractivity contribution in [2.75, 3.05) is 12.9 Å². The third-order valence-corrected chi connectivity index (χ3v) is 6.33. The van der Waals surface area contributed by atoms with Gasteiger partial charge in [-0.3, -0.25) is 9.36 Å². The summed E-state index contributed by atoms with van der Waals surface area (Å²) in [6.45, 7) is 0. The monoisotopic (exact) mass is 451 g/mol.